The zero-order valence-electron chi connectivity index (χ0n) is 12.1. The van der Waals surface area contributed by atoms with Gasteiger partial charge in [0.1, 0.15) is 11.9 Å². The summed E-state index contributed by atoms with van der Waals surface area (Å²) in [6.07, 6.45) is 5.85. The molecule has 0 aliphatic carbocycles. The van der Waals surface area contributed by atoms with E-state index in [0.717, 1.165) is 48.0 Å². The normalized spacial score (nSPS) is 16.1. The summed E-state index contributed by atoms with van der Waals surface area (Å²) in [5.41, 5.74) is 1.88. The Balaban J connectivity index is 1.43. The predicted octanol–water partition coefficient (Wildman–Crippen LogP) is 3.13. The molecule has 6 heteroatoms. The van der Waals surface area contributed by atoms with Gasteiger partial charge in [0.25, 0.3) is 5.19 Å². The summed E-state index contributed by atoms with van der Waals surface area (Å²) in [5, 5.41) is 2.71. The van der Waals surface area contributed by atoms with Crippen LogP contribution in [0.25, 0.3) is 11.0 Å². The summed E-state index contributed by atoms with van der Waals surface area (Å²) in [6, 6.07) is 7.97. The number of hydrogen-bond acceptors (Lipinski definition) is 6. The Kier molecular flexibility index (Phi) is 3.60. The maximum atomic E-state index is 5.89. The van der Waals surface area contributed by atoms with Gasteiger partial charge in [-0.3, -0.25) is 4.98 Å². The van der Waals surface area contributed by atoms with Gasteiger partial charge in [0.2, 0.25) is 0 Å². The van der Waals surface area contributed by atoms with Gasteiger partial charge in [0.15, 0.2) is 0 Å². The first-order valence-electron chi connectivity index (χ1n) is 7.41. The number of thiazole rings is 1. The fourth-order valence-electron chi connectivity index (χ4n) is 2.71. The molecule has 1 saturated heterocycles. The van der Waals surface area contributed by atoms with Crippen molar-refractivity contribution < 1.29 is 4.74 Å². The fraction of sp³-hybridized carbons (Fsp3) is 0.312. The number of nitrogens with zero attached hydrogens (tertiary/aromatic N) is 4. The van der Waals surface area contributed by atoms with Crippen LogP contribution in [-0.2, 0) is 0 Å². The van der Waals surface area contributed by atoms with Gasteiger partial charge in [-0.1, -0.05) is 23.5 Å². The molecule has 112 valence electrons. The molecule has 4 rings (SSSR count). The molecule has 1 aromatic carbocycles. The van der Waals surface area contributed by atoms with E-state index in [1.54, 1.807) is 17.5 Å². The molecule has 5 nitrogen and oxygen atoms in total. The molecule has 0 saturated carbocycles. The first kappa shape index (κ1) is 13.5. The molecule has 1 aliphatic heterocycles. The highest BCUT2D eigenvalue weighted by atomic mass is 32.1. The maximum absolute atomic E-state index is 5.89. The lowest BCUT2D eigenvalue weighted by molar-refractivity contribution is 0.170. The van der Waals surface area contributed by atoms with Crippen LogP contribution in [0.3, 0.4) is 0 Å². The molecule has 0 bridgehead atoms. The molecule has 0 spiro atoms. The van der Waals surface area contributed by atoms with Crippen LogP contribution >= 0.6 is 11.3 Å². The molecule has 0 radical (unpaired) electrons. The summed E-state index contributed by atoms with van der Waals surface area (Å²) in [6.45, 7) is 1.87. The van der Waals surface area contributed by atoms with E-state index in [1.807, 2.05) is 35.8 Å². The second-order valence-corrected chi connectivity index (χ2v) is 6.18. The smallest absolute Gasteiger partial charge is 0.273 e. The molecule has 0 N–H and O–H groups in total. The average molecular weight is 312 g/mol. The fourth-order valence-corrected chi connectivity index (χ4v) is 3.27. The van der Waals surface area contributed by atoms with Crippen LogP contribution in [0, 0.1) is 0 Å². The number of ether oxygens (including phenoxy) is 1. The van der Waals surface area contributed by atoms with E-state index in [4.69, 9.17) is 9.72 Å². The zero-order chi connectivity index (χ0) is 14.8. The Labute approximate surface area is 132 Å². The second kappa shape index (κ2) is 5.88. The average Bonchev–Trinajstić information content (AvgIpc) is 3.08. The lowest BCUT2D eigenvalue weighted by atomic mass is 10.1. The number of fused-ring (bicyclic) bond motifs is 1. The van der Waals surface area contributed by atoms with E-state index in [1.165, 1.54) is 0 Å². The van der Waals surface area contributed by atoms with E-state index in [2.05, 4.69) is 14.9 Å². The third kappa shape index (κ3) is 2.74. The minimum atomic E-state index is 0.246. The van der Waals surface area contributed by atoms with Crippen molar-refractivity contribution in [1.82, 2.24) is 15.0 Å². The predicted molar refractivity (Wildman–Crippen MR) is 87.5 cm³/mol. The van der Waals surface area contributed by atoms with Gasteiger partial charge < -0.3 is 9.64 Å². The van der Waals surface area contributed by atoms with Crippen molar-refractivity contribution in [1.29, 1.82) is 0 Å². The Bertz CT molecular complexity index is 754. The van der Waals surface area contributed by atoms with Gasteiger partial charge in [0, 0.05) is 37.5 Å². The van der Waals surface area contributed by atoms with Crippen LogP contribution in [-0.4, -0.2) is 34.1 Å². The molecular formula is C16H16N4OS. The first-order chi connectivity index (χ1) is 10.9. The van der Waals surface area contributed by atoms with E-state index in [9.17, 15) is 0 Å². The molecule has 3 aromatic rings. The van der Waals surface area contributed by atoms with Crippen LogP contribution in [0.15, 0.2) is 42.0 Å². The van der Waals surface area contributed by atoms with Crippen LogP contribution in [0.2, 0.25) is 0 Å². The molecule has 0 amide bonds. The third-order valence-corrected chi connectivity index (χ3v) is 4.54. The minimum Gasteiger partial charge on any atom is -0.467 e. The Morgan fingerprint density at radius 3 is 2.68 bits per heavy atom. The van der Waals surface area contributed by atoms with Crippen molar-refractivity contribution >= 4 is 28.2 Å². The van der Waals surface area contributed by atoms with Gasteiger partial charge in [-0.05, 0) is 12.1 Å². The molecule has 2 aromatic heterocycles. The Hall–Kier alpha value is -2.21. The molecule has 22 heavy (non-hydrogen) atoms. The molecule has 0 unspecified atom stereocenters. The summed E-state index contributed by atoms with van der Waals surface area (Å²) in [7, 11) is 0. The van der Waals surface area contributed by atoms with Crippen molar-refractivity contribution in [3.8, 4) is 5.19 Å². The number of benzene rings is 1. The summed E-state index contributed by atoms with van der Waals surface area (Å²) < 4.78 is 5.89. The minimum absolute atomic E-state index is 0.246. The molecule has 1 aliphatic rings. The number of aromatic nitrogens is 3. The van der Waals surface area contributed by atoms with Crippen LogP contribution < -0.4 is 9.64 Å². The van der Waals surface area contributed by atoms with Gasteiger partial charge in [-0.2, -0.15) is 0 Å². The Morgan fingerprint density at radius 1 is 1.09 bits per heavy atom. The number of anilines is 1. The Morgan fingerprint density at radius 2 is 1.91 bits per heavy atom. The van der Waals surface area contributed by atoms with Crippen LogP contribution in [0.1, 0.15) is 12.8 Å². The summed E-state index contributed by atoms with van der Waals surface area (Å²) >= 11 is 1.55. The van der Waals surface area contributed by atoms with Gasteiger partial charge in [-0.15, -0.1) is 0 Å². The number of piperidine rings is 1. The highest BCUT2D eigenvalue weighted by Crippen LogP contribution is 2.23. The monoisotopic (exact) mass is 312 g/mol. The van der Waals surface area contributed by atoms with Crippen molar-refractivity contribution in [2.45, 2.75) is 18.9 Å². The standard InChI is InChI=1S/C16H16N4OS/c1-2-4-14-13(3-1)18-11-15(19-14)20-8-5-12(6-9-20)21-16-17-7-10-22-16/h1-4,7,10-12H,5-6,8-9H2. The number of rotatable bonds is 3. The van der Waals surface area contributed by atoms with E-state index < -0.39 is 0 Å². The van der Waals surface area contributed by atoms with Crippen molar-refractivity contribution in [2.24, 2.45) is 0 Å². The van der Waals surface area contributed by atoms with Crippen molar-refractivity contribution in [2.75, 3.05) is 18.0 Å². The van der Waals surface area contributed by atoms with Gasteiger partial charge in [-0.25, -0.2) is 9.97 Å². The molecular weight excluding hydrogens is 296 g/mol. The zero-order valence-corrected chi connectivity index (χ0v) is 12.9. The second-order valence-electron chi connectivity index (χ2n) is 5.32. The van der Waals surface area contributed by atoms with Crippen molar-refractivity contribution in [3.05, 3.63) is 42.0 Å². The van der Waals surface area contributed by atoms with Crippen LogP contribution in [0.5, 0.6) is 5.19 Å². The van der Waals surface area contributed by atoms with E-state index >= 15 is 0 Å². The topological polar surface area (TPSA) is 51.1 Å². The number of para-hydroxylation sites is 2. The number of hydrogen-bond donors (Lipinski definition) is 0. The largest absolute Gasteiger partial charge is 0.467 e. The lowest BCUT2D eigenvalue weighted by Gasteiger charge is -2.32. The van der Waals surface area contributed by atoms with Gasteiger partial charge in [0.05, 0.1) is 17.2 Å². The van der Waals surface area contributed by atoms with E-state index in [0.29, 0.717) is 0 Å². The van der Waals surface area contributed by atoms with E-state index in [-0.39, 0.29) is 6.10 Å². The molecule has 1 fully saturated rings. The first-order valence-corrected chi connectivity index (χ1v) is 8.29. The van der Waals surface area contributed by atoms with Crippen molar-refractivity contribution in [3.63, 3.8) is 0 Å². The third-order valence-electron chi connectivity index (χ3n) is 3.88. The molecule has 3 heterocycles. The molecule has 0 atom stereocenters. The SMILES string of the molecule is c1ccc2nc(N3CCC(Oc4nccs4)CC3)cnc2c1. The maximum Gasteiger partial charge on any atom is 0.273 e. The summed E-state index contributed by atoms with van der Waals surface area (Å²) in [5.74, 6) is 0.950. The quantitative estimate of drug-likeness (QED) is 0.743. The summed E-state index contributed by atoms with van der Waals surface area (Å²) in [4.78, 5) is 15.7. The highest BCUT2D eigenvalue weighted by Gasteiger charge is 2.22. The highest BCUT2D eigenvalue weighted by molar-refractivity contribution is 7.11. The lowest BCUT2D eigenvalue weighted by Crippen LogP contribution is -2.38. The van der Waals surface area contributed by atoms with Crippen LogP contribution in [0.4, 0.5) is 5.82 Å². The van der Waals surface area contributed by atoms with Gasteiger partial charge >= 0.3 is 0 Å².